The number of anilines is 1. The highest BCUT2D eigenvalue weighted by Crippen LogP contribution is 2.25. The Morgan fingerprint density at radius 1 is 1.00 bits per heavy atom. The third-order valence-corrected chi connectivity index (χ3v) is 8.14. The molecule has 0 unspecified atom stereocenters. The van der Waals surface area contributed by atoms with E-state index < -0.39 is 22.5 Å². The second-order valence-electron chi connectivity index (χ2n) is 8.58. The molecule has 0 heterocycles. The molecule has 1 amide bonds. The van der Waals surface area contributed by atoms with Crippen LogP contribution in [0, 0.1) is 6.92 Å². The van der Waals surface area contributed by atoms with Gasteiger partial charge in [0.25, 0.3) is 15.9 Å². The first-order valence-corrected chi connectivity index (χ1v) is 14.5. The first-order valence-electron chi connectivity index (χ1n) is 11.8. The molecule has 0 aliphatic carbocycles. The number of hydrazone groups is 1. The van der Waals surface area contributed by atoms with Gasteiger partial charge < -0.3 is 4.74 Å². The molecule has 4 rings (SSSR count). The molecule has 1 N–H and O–H groups in total. The van der Waals surface area contributed by atoms with Crippen molar-refractivity contribution in [3.63, 3.8) is 0 Å². The third kappa shape index (κ3) is 7.92. The highest BCUT2D eigenvalue weighted by molar-refractivity contribution is 9.10. The Kier molecular flexibility index (Phi) is 9.40. The molecule has 4 aromatic rings. The van der Waals surface area contributed by atoms with Crippen LogP contribution < -0.4 is 14.5 Å². The maximum atomic E-state index is 13.4. The first-order chi connectivity index (χ1) is 18.7. The van der Waals surface area contributed by atoms with Crippen LogP contribution in [-0.2, 0) is 21.4 Å². The summed E-state index contributed by atoms with van der Waals surface area (Å²) in [6.07, 6.45) is 1.47. The van der Waals surface area contributed by atoms with E-state index in [-0.39, 0.29) is 4.90 Å². The predicted molar refractivity (Wildman–Crippen MR) is 158 cm³/mol. The van der Waals surface area contributed by atoms with E-state index in [0.717, 1.165) is 25.5 Å². The van der Waals surface area contributed by atoms with E-state index in [9.17, 15) is 13.2 Å². The summed E-state index contributed by atoms with van der Waals surface area (Å²) in [5.41, 5.74) is 5.37. The molecule has 7 nitrogen and oxygen atoms in total. The van der Waals surface area contributed by atoms with Gasteiger partial charge in [-0.25, -0.2) is 13.8 Å². The van der Waals surface area contributed by atoms with Crippen molar-refractivity contribution in [3.8, 4) is 5.75 Å². The van der Waals surface area contributed by atoms with Gasteiger partial charge in [-0.1, -0.05) is 57.4 Å². The molecular formula is C29H25BrClN3O4S. The molecule has 0 saturated carbocycles. The summed E-state index contributed by atoms with van der Waals surface area (Å²) in [5.74, 6) is 0.0777. The number of aryl methyl sites for hydroxylation is 1. The van der Waals surface area contributed by atoms with Gasteiger partial charge in [0.1, 0.15) is 18.9 Å². The molecule has 0 bridgehead atoms. The van der Waals surface area contributed by atoms with Crippen LogP contribution in [-0.4, -0.2) is 27.1 Å². The minimum atomic E-state index is -4.00. The average molecular weight is 627 g/mol. The summed E-state index contributed by atoms with van der Waals surface area (Å²) in [6, 6.07) is 27.8. The van der Waals surface area contributed by atoms with Gasteiger partial charge in [0.05, 0.1) is 16.8 Å². The number of hydrogen-bond donors (Lipinski definition) is 1. The quantitative estimate of drug-likeness (QED) is 0.165. The fourth-order valence-corrected chi connectivity index (χ4v) is 5.45. The van der Waals surface area contributed by atoms with Gasteiger partial charge in [0.15, 0.2) is 0 Å². The van der Waals surface area contributed by atoms with Crippen molar-refractivity contribution in [2.75, 3.05) is 10.8 Å². The number of ether oxygens (including phenoxy) is 1. The van der Waals surface area contributed by atoms with E-state index >= 15 is 0 Å². The third-order valence-electron chi connectivity index (χ3n) is 5.59. The number of carbonyl (C=O) groups excluding carboxylic acids is 1. The van der Waals surface area contributed by atoms with Gasteiger partial charge in [-0.05, 0) is 90.8 Å². The molecule has 0 atom stereocenters. The summed E-state index contributed by atoms with van der Waals surface area (Å²) in [6.45, 7) is 1.80. The number of amides is 1. The van der Waals surface area contributed by atoms with Crippen molar-refractivity contribution >= 4 is 55.4 Å². The zero-order chi connectivity index (χ0) is 27.8. The zero-order valence-corrected chi connectivity index (χ0v) is 24.1. The molecule has 200 valence electrons. The summed E-state index contributed by atoms with van der Waals surface area (Å²) >= 11 is 9.36. The lowest BCUT2D eigenvalue weighted by molar-refractivity contribution is -0.119. The van der Waals surface area contributed by atoms with Crippen LogP contribution in [0.1, 0.15) is 16.7 Å². The summed E-state index contributed by atoms with van der Waals surface area (Å²) in [7, 11) is -4.00. The molecule has 4 aromatic carbocycles. The standard InChI is InChI=1S/C29H25BrClN3O4S/c1-21-5-15-28(16-6-21)39(36,37)34(26-11-9-24(30)10-12-26)19-29(35)33-32-18-22-7-13-27(14-8-22)38-20-23-3-2-4-25(31)17-23/h2-18H,19-20H2,1H3,(H,33,35)/b32-18-. The van der Waals surface area contributed by atoms with Crippen LogP contribution >= 0.6 is 27.5 Å². The second-order valence-corrected chi connectivity index (χ2v) is 11.8. The maximum Gasteiger partial charge on any atom is 0.264 e. The minimum Gasteiger partial charge on any atom is -0.489 e. The van der Waals surface area contributed by atoms with Crippen molar-refractivity contribution in [1.29, 1.82) is 0 Å². The van der Waals surface area contributed by atoms with E-state index in [2.05, 4.69) is 26.5 Å². The van der Waals surface area contributed by atoms with Gasteiger partial charge in [0.2, 0.25) is 0 Å². The highest BCUT2D eigenvalue weighted by atomic mass is 79.9. The number of halogens is 2. The first kappa shape index (κ1) is 28.4. The van der Waals surface area contributed by atoms with Crippen LogP contribution in [0.15, 0.2) is 112 Å². The highest BCUT2D eigenvalue weighted by Gasteiger charge is 2.27. The van der Waals surface area contributed by atoms with E-state index in [1.807, 2.05) is 25.1 Å². The average Bonchev–Trinajstić information content (AvgIpc) is 2.92. The molecule has 39 heavy (non-hydrogen) atoms. The van der Waals surface area contributed by atoms with E-state index in [0.29, 0.717) is 23.1 Å². The number of nitrogens with zero attached hydrogens (tertiary/aromatic N) is 2. The van der Waals surface area contributed by atoms with Gasteiger partial charge >= 0.3 is 0 Å². The molecular weight excluding hydrogens is 602 g/mol. The lowest BCUT2D eigenvalue weighted by Crippen LogP contribution is -2.39. The van der Waals surface area contributed by atoms with E-state index in [4.69, 9.17) is 16.3 Å². The Balaban J connectivity index is 1.40. The van der Waals surface area contributed by atoms with Crippen molar-refractivity contribution < 1.29 is 17.9 Å². The van der Waals surface area contributed by atoms with Gasteiger partial charge in [-0.2, -0.15) is 5.10 Å². The topological polar surface area (TPSA) is 88.1 Å². The monoisotopic (exact) mass is 625 g/mol. The van der Waals surface area contributed by atoms with Crippen molar-refractivity contribution in [3.05, 3.63) is 123 Å². The minimum absolute atomic E-state index is 0.0880. The van der Waals surface area contributed by atoms with Gasteiger partial charge in [-0.15, -0.1) is 0 Å². The Labute approximate surface area is 241 Å². The lowest BCUT2D eigenvalue weighted by Gasteiger charge is -2.23. The second kappa shape index (κ2) is 12.9. The molecule has 0 fully saturated rings. The maximum absolute atomic E-state index is 13.4. The van der Waals surface area contributed by atoms with Crippen LogP contribution in [0.3, 0.4) is 0 Å². The number of rotatable bonds is 10. The van der Waals surface area contributed by atoms with Crippen molar-refractivity contribution in [2.24, 2.45) is 5.10 Å². The molecule has 0 saturated heterocycles. The molecule has 0 aromatic heterocycles. The SMILES string of the molecule is Cc1ccc(S(=O)(=O)N(CC(=O)N/N=C\c2ccc(OCc3cccc(Cl)c3)cc2)c2ccc(Br)cc2)cc1. The Bertz CT molecular complexity index is 1560. The smallest absolute Gasteiger partial charge is 0.264 e. The van der Waals surface area contributed by atoms with Crippen molar-refractivity contribution in [1.82, 2.24) is 5.43 Å². The number of nitrogens with one attached hydrogen (secondary N) is 1. The number of hydrogen-bond acceptors (Lipinski definition) is 5. The molecule has 0 spiro atoms. The number of sulfonamides is 1. The Hall–Kier alpha value is -3.66. The van der Waals surface area contributed by atoms with Gasteiger partial charge in [-0.3, -0.25) is 9.10 Å². The zero-order valence-electron chi connectivity index (χ0n) is 20.9. The van der Waals surface area contributed by atoms with Gasteiger partial charge in [0, 0.05) is 9.50 Å². The molecule has 0 radical (unpaired) electrons. The lowest BCUT2D eigenvalue weighted by atomic mass is 10.2. The summed E-state index contributed by atoms with van der Waals surface area (Å²) in [4.78, 5) is 12.8. The molecule has 0 aliphatic heterocycles. The van der Waals surface area contributed by atoms with Crippen LogP contribution in [0.4, 0.5) is 5.69 Å². The predicted octanol–water partition coefficient (Wildman–Crippen LogP) is 6.34. The largest absolute Gasteiger partial charge is 0.489 e. The summed E-state index contributed by atoms with van der Waals surface area (Å²) in [5, 5.41) is 4.64. The normalized spacial score (nSPS) is 11.4. The molecule has 10 heteroatoms. The fourth-order valence-electron chi connectivity index (χ4n) is 3.55. The van der Waals surface area contributed by atoms with Crippen LogP contribution in [0.5, 0.6) is 5.75 Å². The van der Waals surface area contributed by atoms with Crippen LogP contribution in [0.25, 0.3) is 0 Å². The Morgan fingerprint density at radius 2 is 1.69 bits per heavy atom. The number of carbonyl (C=O) groups is 1. The van der Waals surface area contributed by atoms with E-state index in [1.165, 1.54) is 18.3 Å². The Morgan fingerprint density at radius 3 is 2.36 bits per heavy atom. The fraction of sp³-hybridized carbons (Fsp3) is 0.103. The van der Waals surface area contributed by atoms with E-state index in [1.54, 1.807) is 66.7 Å². The van der Waals surface area contributed by atoms with Crippen molar-refractivity contribution in [2.45, 2.75) is 18.4 Å². The summed E-state index contributed by atoms with van der Waals surface area (Å²) < 4.78 is 34.5. The molecule has 0 aliphatic rings. The van der Waals surface area contributed by atoms with Crippen LogP contribution in [0.2, 0.25) is 5.02 Å². The number of benzene rings is 4.